The van der Waals surface area contributed by atoms with Crippen molar-refractivity contribution in [3.05, 3.63) is 42.2 Å². The van der Waals surface area contributed by atoms with Gasteiger partial charge >= 0.3 is 0 Å². The van der Waals surface area contributed by atoms with Crippen molar-refractivity contribution < 1.29 is 8.91 Å². The number of hydrazine groups is 1. The third kappa shape index (κ3) is 4.03. The molecule has 1 aliphatic heterocycles. The number of benzene rings is 1. The van der Waals surface area contributed by atoms with Crippen LogP contribution in [0.5, 0.6) is 0 Å². The van der Waals surface area contributed by atoms with Gasteiger partial charge in [-0.15, -0.1) is 0 Å². The van der Waals surface area contributed by atoms with Crippen molar-refractivity contribution >= 4 is 17.5 Å². The lowest BCUT2D eigenvalue weighted by atomic mass is 9.81. The highest BCUT2D eigenvalue weighted by Gasteiger charge is 2.40. The average molecular weight is 439 g/mol. The quantitative estimate of drug-likeness (QED) is 0.535. The van der Waals surface area contributed by atoms with Gasteiger partial charge < -0.3 is 14.7 Å². The fraction of sp³-hybridized carbons (Fsp3) is 0.455. The van der Waals surface area contributed by atoms with Crippen LogP contribution in [-0.2, 0) is 0 Å². The zero-order valence-electron chi connectivity index (χ0n) is 18.2. The van der Waals surface area contributed by atoms with Crippen LogP contribution < -0.4 is 21.1 Å². The summed E-state index contributed by atoms with van der Waals surface area (Å²) in [6.07, 6.45) is 4.51. The number of fused-ring (bicyclic) bond motifs is 1. The summed E-state index contributed by atoms with van der Waals surface area (Å²) < 4.78 is 19.9. The fourth-order valence-corrected chi connectivity index (χ4v) is 4.84. The molecule has 2 aliphatic rings. The summed E-state index contributed by atoms with van der Waals surface area (Å²) in [5, 5.41) is 7.15. The van der Waals surface area contributed by atoms with Gasteiger partial charge in [-0.3, -0.25) is 10.9 Å². The summed E-state index contributed by atoms with van der Waals surface area (Å²) in [5.74, 6) is 1.71. The number of anilines is 3. The molecule has 1 saturated heterocycles. The second kappa shape index (κ2) is 8.79. The largest absolute Gasteiger partial charge is 0.351 e. The second-order valence-corrected chi connectivity index (χ2v) is 8.29. The highest BCUT2D eigenvalue weighted by Crippen LogP contribution is 2.34. The Morgan fingerprint density at radius 3 is 3.00 bits per heavy atom. The van der Waals surface area contributed by atoms with Crippen molar-refractivity contribution in [3.63, 3.8) is 0 Å². The third-order valence-corrected chi connectivity index (χ3v) is 6.29. The molecule has 3 aromatic rings. The monoisotopic (exact) mass is 438 g/mol. The predicted molar refractivity (Wildman–Crippen MR) is 119 cm³/mol. The van der Waals surface area contributed by atoms with Gasteiger partial charge in [0.15, 0.2) is 11.6 Å². The second-order valence-electron chi connectivity index (χ2n) is 8.29. The number of aromatic nitrogens is 4. The Bertz CT molecular complexity index is 1090. The van der Waals surface area contributed by atoms with E-state index >= 15 is 0 Å². The van der Waals surface area contributed by atoms with Crippen LogP contribution in [0.15, 0.2) is 35.0 Å². The zero-order chi connectivity index (χ0) is 22.1. The molecule has 2 fully saturated rings. The molecule has 1 saturated carbocycles. The number of halogens is 1. The molecular weight excluding hydrogens is 411 g/mol. The Labute approximate surface area is 185 Å². The maximum absolute atomic E-state index is 14.9. The summed E-state index contributed by atoms with van der Waals surface area (Å²) in [6.45, 7) is 5.35. The number of nitrogens with one attached hydrogen (secondary N) is 3. The van der Waals surface area contributed by atoms with E-state index < -0.39 is 5.82 Å². The van der Waals surface area contributed by atoms with E-state index in [0.29, 0.717) is 42.0 Å². The van der Waals surface area contributed by atoms with Gasteiger partial charge in [0.05, 0.1) is 6.20 Å². The van der Waals surface area contributed by atoms with E-state index in [9.17, 15) is 4.39 Å². The summed E-state index contributed by atoms with van der Waals surface area (Å²) >= 11 is 0. The average Bonchev–Trinajstić information content (AvgIpc) is 3.46. The molecule has 1 aromatic carbocycles. The van der Waals surface area contributed by atoms with E-state index in [1.54, 1.807) is 6.92 Å². The molecule has 3 heterocycles. The van der Waals surface area contributed by atoms with Gasteiger partial charge in [-0.2, -0.15) is 9.97 Å². The third-order valence-electron chi connectivity index (χ3n) is 6.29. The van der Waals surface area contributed by atoms with Crippen LogP contribution in [0.1, 0.15) is 32.1 Å². The minimum atomic E-state index is -0.408. The van der Waals surface area contributed by atoms with E-state index in [-0.39, 0.29) is 6.04 Å². The lowest BCUT2D eigenvalue weighted by Crippen LogP contribution is -2.49. The first-order valence-electron chi connectivity index (χ1n) is 11.1. The maximum atomic E-state index is 14.9. The van der Waals surface area contributed by atoms with Crippen molar-refractivity contribution in [3.8, 4) is 11.4 Å². The summed E-state index contributed by atoms with van der Waals surface area (Å²) in [4.78, 5) is 15.1. The topological polar surface area (TPSA) is 104 Å². The normalized spacial score (nSPS) is 22.5. The van der Waals surface area contributed by atoms with E-state index in [1.807, 2.05) is 31.2 Å². The van der Waals surface area contributed by atoms with Crippen LogP contribution in [0, 0.1) is 18.7 Å². The van der Waals surface area contributed by atoms with E-state index in [2.05, 4.69) is 41.2 Å². The van der Waals surface area contributed by atoms with Crippen LogP contribution in [-0.4, -0.2) is 45.3 Å². The molecule has 1 aliphatic carbocycles. The molecule has 5 rings (SSSR count). The van der Waals surface area contributed by atoms with Crippen molar-refractivity contribution in [1.29, 1.82) is 0 Å². The Morgan fingerprint density at radius 2 is 2.19 bits per heavy atom. The number of hydrogen-bond donors (Lipinski definition) is 3. The molecule has 0 radical (unpaired) electrons. The molecule has 3 unspecified atom stereocenters. The lowest BCUT2D eigenvalue weighted by Gasteiger charge is -2.40. The molecule has 0 amide bonds. The Morgan fingerprint density at radius 1 is 1.28 bits per heavy atom. The predicted octanol–water partition coefficient (Wildman–Crippen LogP) is 3.19. The highest BCUT2D eigenvalue weighted by atomic mass is 19.1. The van der Waals surface area contributed by atoms with Crippen molar-refractivity contribution in [2.45, 2.75) is 45.2 Å². The number of aryl methyl sites for hydroxylation is 1. The first-order valence-corrected chi connectivity index (χ1v) is 11.1. The number of rotatable bonds is 6. The van der Waals surface area contributed by atoms with Crippen LogP contribution in [0.2, 0.25) is 0 Å². The molecule has 168 valence electrons. The highest BCUT2D eigenvalue weighted by molar-refractivity contribution is 5.65. The summed E-state index contributed by atoms with van der Waals surface area (Å²) in [7, 11) is 0. The molecule has 0 spiro atoms. The van der Waals surface area contributed by atoms with Gasteiger partial charge in [0.25, 0.3) is 0 Å². The molecule has 2 aromatic heterocycles. The van der Waals surface area contributed by atoms with E-state index in [4.69, 9.17) is 4.52 Å². The molecule has 0 bridgehead atoms. The number of nitrogens with zero attached hydrogens (tertiary/aromatic N) is 5. The standard InChI is InChI=1S/C22H27FN8O/c1-3-31(19-9-5-8-18-16(19)11-25-29-18)21-17(23)12-24-22(28-21)27-15-7-4-6-14(10-15)20-26-13(2)32-30-20/h4,6-7,10,12,16,18-19,25,29H,3,5,8-9,11H2,1-2H3,(H,24,27,28). The zero-order valence-corrected chi connectivity index (χ0v) is 18.2. The molecule has 10 heteroatoms. The van der Waals surface area contributed by atoms with Crippen LogP contribution in [0.3, 0.4) is 0 Å². The minimum absolute atomic E-state index is 0.225. The number of hydrogen-bond acceptors (Lipinski definition) is 9. The van der Waals surface area contributed by atoms with Gasteiger partial charge in [0.2, 0.25) is 17.7 Å². The van der Waals surface area contributed by atoms with Gasteiger partial charge in [0, 0.05) is 49.3 Å². The molecular formula is C22H27FN8O. The molecule has 3 atom stereocenters. The van der Waals surface area contributed by atoms with E-state index in [1.165, 1.54) is 6.20 Å². The first-order chi connectivity index (χ1) is 15.6. The van der Waals surface area contributed by atoms with Crippen molar-refractivity contribution in [2.75, 3.05) is 23.3 Å². The Hall–Kier alpha value is -3.11. The van der Waals surface area contributed by atoms with Crippen LogP contribution in [0.4, 0.5) is 21.8 Å². The Kier molecular flexibility index (Phi) is 5.71. The van der Waals surface area contributed by atoms with Crippen molar-refractivity contribution in [1.82, 2.24) is 31.0 Å². The summed E-state index contributed by atoms with van der Waals surface area (Å²) in [6, 6.07) is 8.20. The van der Waals surface area contributed by atoms with Crippen LogP contribution >= 0.6 is 0 Å². The first kappa shape index (κ1) is 20.8. The van der Waals surface area contributed by atoms with Gasteiger partial charge in [-0.05, 0) is 38.3 Å². The maximum Gasteiger partial charge on any atom is 0.229 e. The smallest absolute Gasteiger partial charge is 0.229 e. The minimum Gasteiger partial charge on any atom is -0.351 e. The van der Waals surface area contributed by atoms with Crippen molar-refractivity contribution in [2.24, 2.45) is 5.92 Å². The lowest BCUT2D eigenvalue weighted by molar-refractivity contribution is 0.278. The fourth-order valence-electron chi connectivity index (χ4n) is 4.84. The van der Waals surface area contributed by atoms with Gasteiger partial charge in [0.1, 0.15) is 0 Å². The summed E-state index contributed by atoms with van der Waals surface area (Å²) in [5.41, 5.74) is 8.20. The molecule has 9 nitrogen and oxygen atoms in total. The van der Waals surface area contributed by atoms with Crippen LogP contribution in [0.25, 0.3) is 11.4 Å². The molecule has 3 N–H and O–H groups in total. The van der Waals surface area contributed by atoms with Gasteiger partial charge in [-0.25, -0.2) is 9.37 Å². The Balaban J connectivity index is 1.40. The van der Waals surface area contributed by atoms with E-state index in [0.717, 1.165) is 37.1 Å². The molecule has 32 heavy (non-hydrogen) atoms. The van der Waals surface area contributed by atoms with Gasteiger partial charge in [-0.1, -0.05) is 17.3 Å². The SMILES string of the molecule is CCN(c1nc(Nc2cccc(-c3noc(C)n3)c2)ncc1F)C1CCCC2NNCC21.